The number of rotatable bonds is 15. The van der Waals surface area contributed by atoms with Crippen LogP contribution in [0.3, 0.4) is 0 Å². The number of fused-ring (bicyclic) bond motifs is 10. The van der Waals surface area contributed by atoms with Crippen molar-refractivity contribution in [1.29, 1.82) is 0 Å². The molecule has 11 unspecified atom stereocenters. The average molecular weight is 983 g/mol. The third kappa shape index (κ3) is 20.4. The summed E-state index contributed by atoms with van der Waals surface area (Å²) < 4.78 is 30.6. The van der Waals surface area contributed by atoms with Crippen LogP contribution < -0.4 is 14.2 Å². The van der Waals surface area contributed by atoms with Gasteiger partial charge in [-0.05, 0) is 174 Å². The monoisotopic (exact) mass is 983 g/mol. The van der Waals surface area contributed by atoms with Gasteiger partial charge in [-0.3, -0.25) is 0 Å². The zero-order valence-electron chi connectivity index (χ0n) is 44.6. The molecule has 10 rings (SSSR count). The molecule has 1 aliphatic heterocycles. The highest BCUT2D eigenvalue weighted by Crippen LogP contribution is 2.61. The number of carbonyl (C=O) groups excluding carboxylic acids is 2. The van der Waals surface area contributed by atoms with E-state index in [4.69, 9.17) is 28.4 Å². The Bertz CT molecular complexity index is 1800. The summed E-state index contributed by atoms with van der Waals surface area (Å²) in [5.74, 6) is 12.8. The van der Waals surface area contributed by atoms with E-state index in [1.807, 2.05) is 94.4 Å². The van der Waals surface area contributed by atoms with E-state index in [1.54, 1.807) is 102 Å². The lowest BCUT2D eigenvalue weighted by molar-refractivity contribution is -0.143. The molecule has 3 aromatic carbocycles. The molecule has 6 aliphatic carbocycles. The number of aliphatic hydroxyl groups is 2. The molecule has 0 aromatic heterocycles. The molecular formula is C61H90O10. The van der Waals surface area contributed by atoms with Crippen LogP contribution in [0.5, 0.6) is 17.2 Å². The number of epoxide rings is 1. The summed E-state index contributed by atoms with van der Waals surface area (Å²) >= 11 is 0. The van der Waals surface area contributed by atoms with Crippen molar-refractivity contribution in [3.05, 3.63) is 115 Å². The highest BCUT2D eigenvalue weighted by Gasteiger charge is 2.51. The number of hydrogen-bond donors (Lipinski definition) is 2. The van der Waals surface area contributed by atoms with E-state index in [0.717, 1.165) is 24.2 Å². The normalized spacial score (nSPS) is 27.7. The molecule has 7 fully saturated rings. The van der Waals surface area contributed by atoms with Gasteiger partial charge in [0.15, 0.2) is 0 Å². The first kappa shape index (κ1) is 58.9. The topological polar surface area (TPSA) is 133 Å². The molecule has 10 nitrogen and oxygen atoms in total. The molecule has 0 spiro atoms. The number of carbonyl (C=O) groups is 2. The Morgan fingerprint density at radius 2 is 0.817 bits per heavy atom. The Kier molecular flexibility index (Phi) is 26.3. The fourth-order valence-electron chi connectivity index (χ4n) is 11.6. The molecule has 0 radical (unpaired) electrons. The minimum absolute atomic E-state index is 0.0769. The van der Waals surface area contributed by atoms with Crippen molar-refractivity contribution in [2.75, 3.05) is 39.6 Å². The minimum Gasteiger partial charge on any atom is -0.491 e. The molecule has 3 aromatic rings. The van der Waals surface area contributed by atoms with Crippen molar-refractivity contribution in [2.45, 2.75) is 138 Å². The zero-order valence-corrected chi connectivity index (χ0v) is 44.6. The number of ether oxygens (including phenoxy) is 6. The number of para-hydroxylation sites is 3. The molecule has 71 heavy (non-hydrogen) atoms. The third-order valence-electron chi connectivity index (χ3n) is 14.7. The van der Waals surface area contributed by atoms with Crippen molar-refractivity contribution in [1.82, 2.24) is 0 Å². The Labute approximate surface area is 427 Å². The van der Waals surface area contributed by atoms with Crippen molar-refractivity contribution in [2.24, 2.45) is 59.2 Å². The number of aliphatic hydroxyl groups excluding tert-OH is 2. The second-order valence-corrected chi connectivity index (χ2v) is 20.4. The van der Waals surface area contributed by atoms with Crippen LogP contribution in [-0.2, 0) is 23.8 Å². The molecule has 1 heterocycles. The molecule has 11 atom stereocenters. The van der Waals surface area contributed by atoms with Gasteiger partial charge < -0.3 is 38.6 Å². The third-order valence-corrected chi connectivity index (χ3v) is 14.7. The predicted molar refractivity (Wildman–Crippen MR) is 284 cm³/mol. The first-order valence-electron chi connectivity index (χ1n) is 27.0. The summed E-state index contributed by atoms with van der Waals surface area (Å²) in [5.41, 5.74) is 0.613. The molecule has 6 saturated carbocycles. The van der Waals surface area contributed by atoms with Crippen molar-refractivity contribution in [3.63, 3.8) is 0 Å². The molecule has 1 saturated heterocycles. The SMILES string of the molecule is C=C(C)C(=O)OCC(O)COc1ccccc1.C=C(C)C(=O)OCC(O)COc1ccccc1.CC.CC.CC1CC2C3CCC(C3)C2C1.CC1CC2C3CCC(C3)C2C1.c1ccc(OCC2CO2)cc1. The van der Waals surface area contributed by atoms with Crippen LogP contribution in [0.2, 0.25) is 0 Å². The highest BCUT2D eigenvalue weighted by molar-refractivity contribution is 5.87. The van der Waals surface area contributed by atoms with Gasteiger partial charge >= 0.3 is 11.9 Å². The fourth-order valence-corrected chi connectivity index (χ4v) is 11.6. The maximum absolute atomic E-state index is 11.0. The molecule has 0 amide bonds. The fraction of sp³-hybridized carbons (Fsp3) is 0.607. The minimum atomic E-state index is -0.849. The predicted octanol–water partition coefficient (Wildman–Crippen LogP) is 12.8. The Balaban J connectivity index is 0.000000191. The number of hydrogen-bond acceptors (Lipinski definition) is 10. The second-order valence-electron chi connectivity index (χ2n) is 20.4. The first-order valence-corrected chi connectivity index (χ1v) is 27.0. The van der Waals surface area contributed by atoms with Crippen LogP contribution in [0.15, 0.2) is 115 Å². The van der Waals surface area contributed by atoms with Crippen molar-refractivity contribution in [3.8, 4) is 17.2 Å². The van der Waals surface area contributed by atoms with Crippen LogP contribution in [0.1, 0.15) is 120 Å². The summed E-state index contributed by atoms with van der Waals surface area (Å²) in [6.07, 6.45) is 14.5. The number of benzene rings is 3. The first-order chi connectivity index (χ1) is 34.3. The highest BCUT2D eigenvalue weighted by atomic mass is 16.6. The summed E-state index contributed by atoms with van der Waals surface area (Å²) in [5, 5.41) is 19.0. The van der Waals surface area contributed by atoms with Crippen LogP contribution >= 0.6 is 0 Å². The van der Waals surface area contributed by atoms with Gasteiger partial charge in [-0.1, -0.05) is 109 Å². The Morgan fingerprint density at radius 3 is 1.10 bits per heavy atom. The summed E-state index contributed by atoms with van der Waals surface area (Å²) in [7, 11) is 0. The quantitative estimate of drug-likeness (QED) is 0.0861. The van der Waals surface area contributed by atoms with Crippen molar-refractivity contribution >= 4 is 11.9 Å². The van der Waals surface area contributed by atoms with Crippen LogP contribution in [0.4, 0.5) is 0 Å². The van der Waals surface area contributed by atoms with E-state index in [0.29, 0.717) is 35.4 Å². The van der Waals surface area contributed by atoms with Gasteiger partial charge in [-0.2, -0.15) is 0 Å². The lowest BCUT2D eigenvalue weighted by Crippen LogP contribution is -2.25. The maximum Gasteiger partial charge on any atom is 0.333 e. The van der Waals surface area contributed by atoms with E-state index < -0.39 is 24.1 Å². The molecule has 10 heteroatoms. The smallest absolute Gasteiger partial charge is 0.333 e. The summed E-state index contributed by atoms with van der Waals surface area (Å²) in [4.78, 5) is 22.1. The molecular weight excluding hydrogens is 893 g/mol. The van der Waals surface area contributed by atoms with Crippen LogP contribution in [0.25, 0.3) is 0 Å². The van der Waals surface area contributed by atoms with E-state index in [9.17, 15) is 19.8 Å². The van der Waals surface area contributed by atoms with Gasteiger partial charge in [0.1, 0.15) is 68.6 Å². The molecule has 2 N–H and O–H groups in total. The summed E-state index contributed by atoms with van der Waals surface area (Å²) in [6, 6.07) is 28.0. The summed E-state index contributed by atoms with van der Waals surface area (Å²) in [6.45, 7) is 24.4. The van der Waals surface area contributed by atoms with Crippen LogP contribution in [-0.4, -0.2) is 80.1 Å². The average Bonchev–Trinajstić information content (AvgIpc) is 3.98. The largest absolute Gasteiger partial charge is 0.491 e. The van der Waals surface area contributed by atoms with Gasteiger partial charge in [-0.15, -0.1) is 0 Å². The maximum atomic E-state index is 11.0. The van der Waals surface area contributed by atoms with E-state index in [-0.39, 0.29) is 26.4 Å². The van der Waals surface area contributed by atoms with E-state index in [1.165, 1.54) is 47.3 Å². The molecule has 7 aliphatic rings. The Hall–Kier alpha value is -4.64. The standard InChI is InChI=1S/2C13H16O4.2C11H18.C9H10O2.2C2H6/c2*1-10(2)13(15)17-9-11(14)8-16-12-6-4-3-5-7-12;2*1-7-4-10-8-2-3-9(6-8)11(10)5-7;1-2-4-8(5-3-1)10-6-9-7-11-9;2*1-2/h2*3-7,11,14H,1,8-9H2,2H3;2*7-11H,2-6H2,1H3;1-5,9H,6-7H2;2*1-2H3. The van der Waals surface area contributed by atoms with E-state index >= 15 is 0 Å². The van der Waals surface area contributed by atoms with Gasteiger partial charge in [0, 0.05) is 11.1 Å². The zero-order chi connectivity index (χ0) is 51.7. The molecule has 394 valence electrons. The van der Waals surface area contributed by atoms with Crippen molar-refractivity contribution < 1.29 is 48.2 Å². The van der Waals surface area contributed by atoms with Gasteiger partial charge in [-0.25, -0.2) is 9.59 Å². The Morgan fingerprint density at radius 1 is 0.521 bits per heavy atom. The van der Waals surface area contributed by atoms with Gasteiger partial charge in [0.05, 0.1) is 6.61 Å². The lowest BCUT2D eigenvalue weighted by atomic mass is 9.82. The van der Waals surface area contributed by atoms with Crippen LogP contribution in [0, 0.1) is 59.2 Å². The lowest BCUT2D eigenvalue weighted by Gasteiger charge is -2.23. The molecule has 4 bridgehead atoms. The van der Waals surface area contributed by atoms with Gasteiger partial charge in [0.2, 0.25) is 0 Å². The van der Waals surface area contributed by atoms with Gasteiger partial charge in [0.25, 0.3) is 0 Å². The number of esters is 2. The van der Waals surface area contributed by atoms with E-state index in [2.05, 4.69) is 27.0 Å². The second kappa shape index (κ2) is 31.7.